The first-order valence-electron chi connectivity index (χ1n) is 8.91. The van der Waals surface area contributed by atoms with E-state index in [-0.39, 0.29) is 5.91 Å². The second-order valence-corrected chi connectivity index (χ2v) is 6.62. The van der Waals surface area contributed by atoms with Gasteiger partial charge < -0.3 is 19.9 Å². The van der Waals surface area contributed by atoms with Crippen molar-refractivity contribution < 1.29 is 14.3 Å². The Morgan fingerprint density at radius 1 is 1.19 bits per heavy atom. The molecule has 26 heavy (non-hydrogen) atoms. The van der Waals surface area contributed by atoms with Gasteiger partial charge in [-0.25, -0.2) is 4.79 Å². The number of hydrogen-bond acceptors (Lipinski definition) is 4. The molecule has 2 heterocycles. The van der Waals surface area contributed by atoms with E-state index in [0.717, 1.165) is 18.7 Å². The molecule has 0 bridgehead atoms. The molecular formula is C20H25N3O3. The first kappa shape index (κ1) is 18.0. The number of para-hydroxylation sites is 1. The van der Waals surface area contributed by atoms with Gasteiger partial charge in [-0.2, -0.15) is 0 Å². The molecule has 1 fully saturated rings. The quantitative estimate of drug-likeness (QED) is 0.809. The summed E-state index contributed by atoms with van der Waals surface area (Å²) in [6.45, 7) is 6.07. The lowest BCUT2D eigenvalue weighted by Crippen LogP contribution is -2.26. The third-order valence-electron chi connectivity index (χ3n) is 4.93. The van der Waals surface area contributed by atoms with Crippen molar-refractivity contribution in [3.63, 3.8) is 0 Å². The maximum absolute atomic E-state index is 12.6. The molecule has 6 heteroatoms. The van der Waals surface area contributed by atoms with Crippen molar-refractivity contribution in [3.05, 3.63) is 52.3 Å². The van der Waals surface area contributed by atoms with Crippen molar-refractivity contribution in [1.82, 2.24) is 10.3 Å². The van der Waals surface area contributed by atoms with Crippen molar-refractivity contribution in [2.45, 2.75) is 33.2 Å². The van der Waals surface area contributed by atoms with E-state index in [9.17, 15) is 9.59 Å². The molecule has 3 rings (SSSR count). The first-order chi connectivity index (χ1) is 12.5. The molecule has 0 saturated carbocycles. The van der Waals surface area contributed by atoms with Crippen LogP contribution in [0.1, 0.15) is 50.5 Å². The molecule has 0 aliphatic carbocycles. The molecule has 0 unspecified atom stereocenters. The lowest BCUT2D eigenvalue weighted by molar-refractivity contribution is 0.0599. The summed E-state index contributed by atoms with van der Waals surface area (Å²) in [5.74, 6) is -0.661. The molecule has 1 aliphatic rings. The van der Waals surface area contributed by atoms with Crippen molar-refractivity contribution in [1.29, 1.82) is 0 Å². The smallest absolute Gasteiger partial charge is 0.339 e. The van der Waals surface area contributed by atoms with Gasteiger partial charge in [-0.3, -0.25) is 4.79 Å². The molecule has 1 amide bonds. The highest BCUT2D eigenvalue weighted by Gasteiger charge is 2.22. The van der Waals surface area contributed by atoms with Gasteiger partial charge in [-0.05, 0) is 43.9 Å². The Morgan fingerprint density at radius 3 is 2.58 bits per heavy atom. The number of anilines is 1. The number of aromatic nitrogens is 1. The highest BCUT2D eigenvalue weighted by Crippen LogP contribution is 2.25. The van der Waals surface area contributed by atoms with Crippen LogP contribution >= 0.6 is 0 Å². The Hall–Kier alpha value is -2.76. The summed E-state index contributed by atoms with van der Waals surface area (Å²) in [5, 5.41) is 2.97. The van der Waals surface area contributed by atoms with Crippen LogP contribution in [-0.2, 0) is 11.3 Å². The Balaban J connectivity index is 1.75. The summed E-state index contributed by atoms with van der Waals surface area (Å²) in [7, 11) is 1.34. The standard InChI is InChI=1S/C20H25N3O3/c1-13-17(20(25)26-3)14(2)22-18(13)19(24)21-12-15-8-4-5-9-16(15)23-10-6-7-11-23/h4-5,8-9,22H,6-7,10-12H2,1-3H3,(H,21,24). The van der Waals surface area contributed by atoms with Gasteiger partial charge in [0.25, 0.3) is 5.91 Å². The molecule has 0 radical (unpaired) electrons. The van der Waals surface area contributed by atoms with Crippen LogP contribution in [0.2, 0.25) is 0 Å². The SMILES string of the molecule is COC(=O)c1c(C)[nH]c(C(=O)NCc2ccccc2N2CCCC2)c1C. The van der Waals surface area contributed by atoms with E-state index in [4.69, 9.17) is 4.74 Å². The number of nitrogens with one attached hydrogen (secondary N) is 2. The number of rotatable bonds is 5. The molecule has 1 aliphatic heterocycles. The van der Waals surface area contributed by atoms with Crippen molar-refractivity contribution >= 4 is 17.6 Å². The normalized spacial score (nSPS) is 13.7. The number of methoxy groups -OCH3 is 1. The van der Waals surface area contributed by atoms with E-state index in [2.05, 4.69) is 21.3 Å². The largest absolute Gasteiger partial charge is 0.465 e. The van der Waals surface area contributed by atoms with Gasteiger partial charge in [-0.15, -0.1) is 0 Å². The minimum Gasteiger partial charge on any atom is -0.465 e. The van der Waals surface area contributed by atoms with Crippen LogP contribution < -0.4 is 10.2 Å². The minimum atomic E-state index is -0.435. The average molecular weight is 355 g/mol. The van der Waals surface area contributed by atoms with Crippen LogP contribution in [0.3, 0.4) is 0 Å². The molecule has 1 aromatic carbocycles. The van der Waals surface area contributed by atoms with E-state index in [1.165, 1.54) is 25.6 Å². The van der Waals surface area contributed by atoms with Crippen molar-refractivity contribution in [2.24, 2.45) is 0 Å². The third kappa shape index (κ3) is 3.45. The predicted octanol–water partition coefficient (Wildman–Crippen LogP) is 2.95. The number of H-pyrrole nitrogens is 1. The zero-order chi connectivity index (χ0) is 18.7. The molecule has 0 atom stereocenters. The van der Waals surface area contributed by atoms with Gasteiger partial charge in [0.1, 0.15) is 5.69 Å². The zero-order valence-corrected chi connectivity index (χ0v) is 15.5. The van der Waals surface area contributed by atoms with E-state index in [0.29, 0.717) is 29.1 Å². The summed E-state index contributed by atoms with van der Waals surface area (Å²) in [6, 6.07) is 8.16. The van der Waals surface area contributed by atoms with Crippen molar-refractivity contribution in [2.75, 3.05) is 25.1 Å². The third-order valence-corrected chi connectivity index (χ3v) is 4.93. The highest BCUT2D eigenvalue weighted by molar-refractivity contribution is 6.00. The predicted molar refractivity (Wildman–Crippen MR) is 101 cm³/mol. The Labute approximate surface area is 153 Å². The van der Waals surface area contributed by atoms with Gasteiger partial charge in [0.05, 0.1) is 12.7 Å². The fourth-order valence-corrected chi connectivity index (χ4v) is 3.58. The molecule has 0 spiro atoms. The highest BCUT2D eigenvalue weighted by atomic mass is 16.5. The Kier molecular flexibility index (Phi) is 5.30. The molecule has 1 saturated heterocycles. The lowest BCUT2D eigenvalue weighted by atomic mass is 10.1. The number of aromatic amines is 1. The number of carbonyl (C=O) groups is 2. The molecular weight excluding hydrogens is 330 g/mol. The van der Waals surface area contributed by atoms with Crippen molar-refractivity contribution in [3.8, 4) is 0 Å². The number of ether oxygens (including phenoxy) is 1. The zero-order valence-electron chi connectivity index (χ0n) is 15.5. The van der Waals surface area contributed by atoms with E-state index in [1.807, 2.05) is 18.2 Å². The monoisotopic (exact) mass is 355 g/mol. The Morgan fingerprint density at radius 2 is 1.88 bits per heavy atom. The summed E-state index contributed by atoms with van der Waals surface area (Å²) < 4.78 is 4.80. The summed E-state index contributed by atoms with van der Waals surface area (Å²) in [4.78, 5) is 29.9. The fraction of sp³-hybridized carbons (Fsp3) is 0.400. The van der Waals surface area contributed by atoms with Crippen LogP contribution in [0.25, 0.3) is 0 Å². The minimum absolute atomic E-state index is 0.225. The number of aryl methyl sites for hydroxylation is 1. The first-order valence-corrected chi connectivity index (χ1v) is 8.91. The number of esters is 1. The number of nitrogens with zero attached hydrogens (tertiary/aromatic N) is 1. The van der Waals surface area contributed by atoms with E-state index >= 15 is 0 Å². The summed E-state index contributed by atoms with van der Waals surface area (Å²) in [5.41, 5.74) is 4.35. The van der Waals surface area contributed by atoms with Crippen LogP contribution in [0, 0.1) is 13.8 Å². The lowest BCUT2D eigenvalue weighted by Gasteiger charge is -2.21. The van der Waals surface area contributed by atoms with Crippen LogP contribution in [0.5, 0.6) is 0 Å². The van der Waals surface area contributed by atoms with Crippen LogP contribution in [0.4, 0.5) is 5.69 Å². The number of hydrogen-bond donors (Lipinski definition) is 2. The van der Waals surface area contributed by atoms with E-state index in [1.54, 1.807) is 13.8 Å². The molecule has 2 aromatic rings. The summed E-state index contributed by atoms with van der Waals surface area (Å²) >= 11 is 0. The van der Waals surface area contributed by atoms with Gasteiger partial charge in [-0.1, -0.05) is 18.2 Å². The van der Waals surface area contributed by atoms with E-state index < -0.39 is 5.97 Å². The van der Waals surface area contributed by atoms with Gasteiger partial charge in [0.15, 0.2) is 0 Å². The topological polar surface area (TPSA) is 74.4 Å². The van der Waals surface area contributed by atoms with Crippen LogP contribution in [0.15, 0.2) is 24.3 Å². The number of amides is 1. The molecule has 6 nitrogen and oxygen atoms in total. The van der Waals surface area contributed by atoms with Gasteiger partial charge in [0, 0.05) is 31.0 Å². The van der Waals surface area contributed by atoms with Gasteiger partial charge >= 0.3 is 5.97 Å². The average Bonchev–Trinajstić information content (AvgIpc) is 3.27. The molecule has 1 aromatic heterocycles. The van der Waals surface area contributed by atoms with Gasteiger partial charge in [0.2, 0.25) is 0 Å². The molecule has 2 N–H and O–H groups in total. The van der Waals surface area contributed by atoms with Crippen LogP contribution in [-0.4, -0.2) is 37.1 Å². The second-order valence-electron chi connectivity index (χ2n) is 6.62. The number of carbonyl (C=O) groups excluding carboxylic acids is 2. The second kappa shape index (κ2) is 7.64. The summed E-state index contributed by atoms with van der Waals surface area (Å²) in [6.07, 6.45) is 2.41. The Bertz CT molecular complexity index is 820. The fourth-order valence-electron chi connectivity index (χ4n) is 3.58. The maximum Gasteiger partial charge on any atom is 0.339 e. The molecule has 138 valence electrons. The number of benzene rings is 1. The maximum atomic E-state index is 12.6.